The van der Waals surface area contributed by atoms with Crippen molar-refractivity contribution in [3.63, 3.8) is 0 Å². The first-order valence-corrected chi connectivity index (χ1v) is 10.9. The van der Waals surface area contributed by atoms with Crippen LogP contribution in [0.15, 0.2) is 46.4 Å². The van der Waals surface area contributed by atoms with Crippen molar-refractivity contribution in [2.75, 3.05) is 20.7 Å². The molecule has 0 saturated carbocycles. The van der Waals surface area contributed by atoms with Crippen LogP contribution in [0.5, 0.6) is 11.5 Å². The molecular weight excluding hydrogens is 494 g/mol. The lowest BCUT2D eigenvalue weighted by molar-refractivity contribution is -0.132. The quantitative estimate of drug-likeness (QED) is 0.331. The number of nitriles is 1. The zero-order valence-corrected chi connectivity index (χ0v) is 20.1. The number of carbonyl (C=O) groups is 2. The monoisotopic (exact) mass is 513 g/mol. The summed E-state index contributed by atoms with van der Waals surface area (Å²) in [6, 6.07) is 12.7. The molecule has 2 aromatic carbocycles. The number of benzene rings is 2. The van der Waals surface area contributed by atoms with Gasteiger partial charge in [0.25, 0.3) is 11.8 Å². The minimum Gasteiger partial charge on any atom is -0.490 e. The third-order valence-electron chi connectivity index (χ3n) is 4.83. The van der Waals surface area contributed by atoms with E-state index in [1.54, 1.807) is 24.3 Å². The minimum atomic E-state index is -0.476. The Labute approximate surface area is 199 Å². The third kappa shape index (κ3) is 4.66. The van der Waals surface area contributed by atoms with Gasteiger partial charge in [0.05, 0.1) is 18.2 Å². The molecule has 1 aliphatic heterocycles. The third-order valence-corrected chi connectivity index (χ3v) is 6.06. The number of hydrogen-bond acceptors (Lipinski definition) is 6. The number of rotatable bonds is 6. The summed E-state index contributed by atoms with van der Waals surface area (Å²) in [5, 5.41) is 9.42. The summed E-state index contributed by atoms with van der Waals surface area (Å²) in [6.45, 7) is 2.41. The Kier molecular flexibility index (Phi) is 7.28. The van der Waals surface area contributed by atoms with E-state index in [-0.39, 0.29) is 17.3 Å². The number of carbonyl (C=O) groups excluding carboxylic acids is 2. The first-order chi connectivity index (χ1) is 15.3. The van der Waals surface area contributed by atoms with Crippen molar-refractivity contribution in [3.05, 3.63) is 63.1 Å². The Balaban J connectivity index is 1.96. The second-order valence-corrected chi connectivity index (χ2v) is 8.10. The van der Waals surface area contributed by atoms with E-state index in [0.717, 1.165) is 5.56 Å². The molecule has 1 heterocycles. The van der Waals surface area contributed by atoms with E-state index in [4.69, 9.17) is 21.7 Å². The number of nitrogens with zero attached hydrogens (tertiary/aromatic N) is 3. The van der Waals surface area contributed by atoms with Gasteiger partial charge in [-0.05, 0) is 49.0 Å². The lowest BCUT2D eigenvalue weighted by Gasteiger charge is -2.31. The number of hydrogen-bond donors (Lipinski definition) is 0. The van der Waals surface area contributed by atoms with Crippen LogP contribution >= 0.6 is 28.1 Å². The fourth-order valence-electron chi connectivity index (χ4n) is 3.08. The second kappa shape index (κ2) is 9.94. The molecule has 0 bridgehead atoms. The van der Waals surface area contributed by atoms with Crippen molar-refractivity contribution in [1.82, 2.24) is 9.80 Å². The van der Waals surface area contributed by atoms with Gasteiger partial charge in [-0.3, -0.25) is 19.4 Å². The van der Waals surface area contributed by atoms with Gasteiger partial charge in [-0.1, -0.05) is 34.1 Å². The van der Waals surface area contributed by atoms with Crippen LogP contribution in [0.4, 0.5) is 0 Å². The SMILES string of the molecule is CCOc1cc(C=C2C(=O)N(C)C(=S)N(C)C2=O)c(Br)cc1OCc1ccccc1C#N. The van der Waals surface area contributed by atoms with Gasteiger partial charge < -0.3 is 9.47 Å². The van der Waals surface area contributed by atoms with Crippen molar-refractivity contribution < 1.29 is 19.1 Å². The Bertz CT molecular complexity index is 1150. The van der Waals surface area contributed by atoms with Crippen LogP contribution in [0.1, 0.15) is 23.6 Å². The maximum atomic E-state index is 12.6. The normalized spacial score (nSPS) is 13.8. The lowest BCUT2D eigenvalue weighted by Crippen LogP contribution is -2.52. The first-order valence-electron chi connectivity index (χ1n) is 9.67. The zero-order valence-electron chi connectivity index (χ0n) is 17.7. The molecule has 0 aliphatic carbocycles. The van der Waals surface area contributed by atoms with Crippen LogP contribution in [0, 0.1) is 11.3 Å². The van der Waals surface area contributed by atoms with Gasteiger partial charge >= 0.3 is 0 Å². The molecule has 1 aliphatic rings. The van der Waals surface area contributed by atoms with Gasteiger partial charge in [-0.25, -0.2) is 0 Å². The summed E-state index contributed by atoms with van der Waals surface area (Å²) in [6.07, 6.45) is 1.50. The number of likely N-dealkylation sites (N-methyl/N-ethyl adjacent to an activating group) is 2. The predicted molar refractivity (Wildman–Crippen MR) is 127 cm³/mol. The molecule has 3 rings (SSSR count). The molecule has 164 valence electrons. The highest BCUT2D eigenvalue weighted by Crippen LogP contribution is 2.36. The molecule has 0 unspecified atom stereocenters. The van der Waals surface area contributed by atoms with Crippen LogP contribution in [-0.4, -0.2) is 47.4 Å². The smallest absolute Gasteiger partial charge is 0.265 e. The molecule has 0 spiro atoms. The Morgan fingerprint density at radius 3 is 2.34 bits per heavy atom. The molecule has 32 heavy (non-hydrogen) atoms. The number of amides is 2. The van der Waals surface area contributed by atoms with E-state index in [2.05, 4.69) is 22.0 Å². The van der Waals surface area contributed by atoms with Crippen molar-refractivity contribution in [3.8, 4) is 17.6 Å². The molecule has 7 nitrogen and oxygen atoms in total. The van der Waals surface area contributed by atoms with Gasteiger partial charge in [-0.15, -0.1) is 0 Å². The van der Waals surface area contributed by atoms with Gasteiger partial charge in [0.1, 0.15) is 12.2 Å². The van der Waals surface area contributed by atoms with E-state index in [1.165, 1.54) is 30.0 Å². The maximum Gasteiger partial charge on any atom is 0.265 e. The molecule has 1 fully saturated rings. The van der Waals surface area contributed by atoms with Crippen LogP contribution in [0.3, 0.4) is 0 Å². The van der Waals surface area contributed by atoms with Crippen molar-refractivity contribution in [1.29, 1.82) is 5.26 Å². The van der Waals surface area contributed by atoms with Gasteiger partial charge in [0.15, 0.2) is 16.6 Å². The molecule has 2 aromatic rings. The van der Waals surface area contributed by atoms with Crippen molar-refractivity contribution in [2.45, 2.75) is 13.5 Å². The first kappa shape index (κ1) is 23.4. The van der Waals surface area contributed by atoms with Crippen LogP contribution < -0.4 is 9.47 Å². The summed E-state index contributed by atoms with van der Waals surface area (Å²) in [7, 11) is 3.05. The molecule has 9 heteroatoms. The van der Waals surface area contributed by atoms with Gasteiger partial charge in [-0.2, -0.15) is 5.26 Å². The largest absolute Gasteiger partial charge is 0.490 e. The Morgan fingerprint density at radius 2 is 1.72 bits per heavy atom. The molecule has 0 radical (unpaired) electrons. The molecule has 0 aromatic heterocycles. The zero-order chi connectivity index (χ0) is 23.4. The van der Waals surface area contributed by atoms with Crippen LogP contribution in [0.25, 0.3) is 6.08 Å². The van der Waals surface area contributed by atoms with Crippen molar-refractivity contribution >= 4 is 51.2 Å². The van der Waals surface area contributed by atoms with E-state index in [1.807, 2.05) is 19.1 Å². The molecule has 0 atom stereocenters. The summed E-state index contributed by atoms with van der Waals surface area (Å²) < 4.78 is 12.3. The van der Waals surface area contributed by atoms with Gasteiger partial charge in [0, 0.05) is 24.1 Å². The van der Waals surface area contributed by atoms with Gasteiger partial charge in [0.2, 0.25) is 0 Å². The highest BCUT2D eigenvalue weighted by Gasteiger charge is 2.35. The Hall–Kier alpha value is -3.22. The molecule has 2 amide bonds. The topological polar surface area (TPSA) is 82.9 Å². The molecule has 1 saturated heterocycles. The number of ether oxygens (including phenoxy) is 2. The fourth-order valence-corrected chi connectivity index (χ4v) is 3.69. The average Bonchev–Trinajstić information content (AvgIpc) is 2.80. The standard InChI is InChI=1S/C23H20BrN3O4S/c1-4-30-19-10-16(9-17-21(28)26(2)23(32)27(3)22(17)29)18(24)11-20(19)31-13-15-8-6-5-7-14(15)12-25/h5-11H,4,13H2,1-3H3. The van der Waals surface area contributed by atoms with E-state index >= 15 is 0 Å². The molecule has 0 N–H and O–H groups in total. The lowest BCUT2D eigenvalue weighted by atomic mass is 10.1. The highest BCUT2D eigenvalue weighted by atomic mass is 79.9. The summed E-state index contributed by atoms with van der Waals surface area (Å²) >= 11 is 8.61. The molecular formula is C23H20BrN3O4S. The highest BCUT2D eigenvalue weighted by molar-refractivity contribution is 9.10. The number of thiocarbonyl (C=S) groups is 1. The predicted octanol–water partition coefficient (Wildman–Crippen LogP) is 3.90. The summed E-state index contributed by atoms with van der Waals surface area (Å²) in [5.74, 6) is -0.0388. The number of halogens is 1. The van der Waals surface area contributed by atoms with E-state index < -0.39 is 11.8 Å². The maximum absolute atomic E-state index is 12.6. The van der Waals surface area contributed by atoms with E-state index in [0.29, 0.717) is 33.7 Å². The fraction of sp³-hybridized carbons (Fsp3) is 0.217. The van der Waals surface area contributed by atoms with Crippen LogP contribution in [-0.2, 0) is 16.2 Å². The summed E-state index contributed by atoms with van der Waals surface area (Å²) in [5.41, 5.74) is 1.85. The second-order valence-electron chi connectivity index (χ2n) is 6.88. The van der Waals surface area contributed by atoms with Crippen LogP contribution in [0.2, 0.25) is 0 Å². The average molecular weight is 514 g/mol. The summed E-state index contributed by atoms with van der Waals surface area (Å²) in [4.78, 5) is 27.8. The Morgan fingerprint density at radius 1 is 1.09 bits per heavy atom. The van der Waals surface area contributed by atoms with E-state index in [9.17, 15) is 14.9 Å². The van der Waals surface area contributed by atoms with Crippen molar-refractivity contribution in [2.24, 2.45) is 0 Å². The minimum absolute atomic E-state index is 0.0108.